The molecule has 2 aromatic carbocycles. The first kappa shape index (κ1) is 20.8. The Balaban J connectivity index is 0.00000151. The highest BCUT2D eigenvalue weighted by molar-refractivity contribution is 5.62. The standard InChI is InChI=1S/C20H25NO2.C2H6/c1-15-10-12-16(13-11-15)14-18(17-8-6-5-7-9-17)21-19(22)23-20(2,3)4;1-2/h5-13,18H,14H2,1-4H3,(H,21,22);1-2H3/p-1. The van der Waals surface area contributed by atoms with Crippen LogP contribution in [0.15, 0.2) is 59.6 Å². The van der Waals surface area contributed by atoms with Gasteiger partial charge in [-0.2, -0.15) is 0 Å². The van der Waals surface area contributed by atoms with Gasteiger partial charge in [0, 0.05) is 5.60 Å². The fourth-order valence-corrected chi connectivity index (χ4v) is 2.28. The topological polar surface area (TPSA) is 44.7 Å². The van der Waals surface area contributed by atoms with Crippen LogP contribution < -0.4 is 5.11 Å². The van der Waals surface area contributed by atoms with Crippen LogP contribution in [0.2, 0.25) is 0 Å². The molecule has 2 aromatic rings. The maximum absolute atomic E-state index is 12.1. The lowest BCUT2D eigenvalue weighted by atomic mass is 9.99. The second-order valence-corrected chi connectivity index (χ2v) is 6.73. The predicted molar refractivity (Wildman–Crippen MR) is 104 cm³/mol. The lowest BCUT2D eigenvalue weighted by molar-refractivity contribution is -0.261. The van der Waals surface area contributed by atoms with Crippen LogP contribution in [0.4, 0.5) is 0 Å². The van der Waals surface area contributed by atoms with Crippen molar-refractivity contribution in [3.8, 4) is 0 Å². The van der Waals surface area contributed by atoms with Gasteiger partial charge in [0.05, 0.1) is 6.04 Å². The first-order valence-corrected chi connectivity index (χ1v) is 8.88. The van der Waals surface area contributed by atoms with Crippen molar-refractivity contribution in [3.63, 3.8) is 0 Å². The zero-order valence-electron chi connectivity index (χ0n) is 16.2. The van der Waals surface area contributed by atoms with Gasteiger partial charge in [0.15, 0.2) is 0 Å². The van der Waals surface area contributed by atoms with Crippen LogP contribution in [-0.4, -0.2) is 11.7 Å². The molecular formula is C22H30NO2-. The summed E-state index contributed by atoms with van der Waals surface area (Å²) < 4.78 is 5.34. The molecular weight excluding hydrogens is 310 g/mol. The highest BCUT2D eigenvalue weighted by Gasteiger charge is 2.12. The van der Waals surface area contributed by atoms with Crippen LogP contribution >= 0.6 is 0 Å². The predicted octanol–water partition coefficient (Wildman–Crippen LogP) is 4.84. The lowest BCUT2D eigenvalue weighted by Gasteiger charge is -2.30. The molecule has 1 atom stereocenters. The molecule has 3 heteroatoms. The summed E-state index contributed by atoms with van der Waals surface area (Å²) in [6, 6.07) is 17.9. The molecule has 0 fully saturated rings. The van der Waals surface area contributed by atoms with Gasteiger partial charge < -0.3 is 9.84 Å². The molecule has 0 amide bonds. The Morgan fingerprint density at radius 3 is 2.08 bits per heavy atom. The molecule has 1 unspecified atom stereocenters. The minimum atomic E-state index is -0.536. The Kier molecular flexibility index (Phi) is 8.20. The number of aryl methyl sites for hydroxylation is 1. The minimum absolute atomic E-state index is 0.242. The Morgan fingerprint density at radius 2 is 1.56 bits per heavy atom. The Morgan fingerprint density at radius 1 is 1.00 bits per heavy atom. The summed E-state index contributed by atoms with van der Waals surface area (Å²) in [5.74, 6) is 0. The average Bonchev–Trinajstić information content (AvgIpc) is 2.57. The first-order chi connectivity index (χ1) is 11.8. The summed E-state index contributed by atoms with van der Waals surface area (Å²) in [5.41, 5.74) is 2.84. The molecule has 0 spiro atoms. The van der Waals surface area contributed by atoms with Crippen LogP contribution in [0.3, 0.4) is 0 Å². The second-order valence-electron chi connectivity index (χ2n) is 6.73. The van der Waals surface area contributed by atoms with E-state index >= 15 is 0 Å². The molecule has 3 nitrogen and oxygen atoms in total. The van der Waals surface area contributed by atoms with Crippen LogP contribution in [0.5, 0.6) is 0 Å². The van der Waals surface area contributed by atoms with Crippen LogP contribution in [0.1, 0.15) is 57.4 Å². The summed E-state index contributed by atoms with van der Waals surface area (Å²) in [6.07, 6.45) is 0.155. The van der Waals surface area contributed by atoms with Crippen molar-refractivity contribution in [1.82, 2.24) is 0 Å². The van der Waals surface area contributed by atoms with Crippen molar-refractivity contribution in [2.45, 2.75) is 59.6 Å². The van der Waals surface area contributed by atoms with Gasteiger partial charge in [-0.3, -0.25) is 4.99 Å². The van der Waals surface area contributed by atoms with Crippen molar-refractivity contribution in [1.29, 1.82) is 0 Å². The number of hydrogen-bond donors (Lipinski definition) is 0. The molecule has 0 saturated heterocycles. The van der Waals surface area contributed by atoms with E-state index in [1.165, 1.54) is 5.56 Å². The number of nitrogens with zero attached hydrogens (tertiary/aromatic N) is 1. The molecule has 0 aliphatic rings. The molecule has 0 aliphatic heterocycles. The zero-order valence-corrected chi connectivity index (χ0v) is 16.2. The second kappa shape index (κ2) is 9.87. The van der Waals surface area contributed by atoms with E-state index in [-0.39, 0.29) is 6.04 Å². The fourth-order valence-electron chi connectivity index (χ4n) is 2.28. The Hall–Kier alpha value is -2.29. The number of ether oxygens (including phenoxy) is 1. The van der Waals surface area contributed by atoms with Crippen LogP contribution in [0, 0.1) is 6.92 Å². The van der Waals surface area contributed by atoms with E-state index in [2.05, 4.69) is 36.2 Å². The van der Waals surface area contributed by atoms with Crippen LogP contribution in [0.25, 0.3) is 0 Å². The smallest absolute Gasteiger partial charge is 0.146 e. The third-order valence-corrected chi connectivity index (χ3v) is 3.39. The molecule has 0 aromatic heterocycles. The Labute approximate surface area is 152 Å². The van der Waals surface area contributed by atoms with Crippen molar-refractivity contribution in [2.75, 3.05) is 0 Å². The van der Waals surface area contributed by atoms with E-state index in [1.807, 2.05) is 65.0 Å². The minimum Gasteiger partial charge on any atom is -0.595 e. The van der Waals surface area contributed by atoms with E-state index in [0.29, 0.717) is 6.42 Å². The van der Waals surface area contributed by atoms with Gasteiger partial charge in [-0.1, -0.05) is 94.8 Å². The van der Waals surface area contributed by atoms with Gasteiger partial charge in [0.25, 0.3) is 0 Å². The Bertz CT molecular complexity index is 640. The lowest BCUT2D eigenvalue weighted by Crippen LogP contribution is -2.32. The summed E-state index contributed by atoms with van der Waals surface area (Å²) >= 11 is 0. The first-order valence-electron chi connectivity index (χ1n) is 8.88. The summed E-state index contributed by atoms with van der Waals surface area (Å²) in [7, 11) is 0. The molecule has 0 saturated carbocycles. The summed E-state index contributed by atoms with van der Waals surface area (Å²) in [4.78, 5) is 4.29. The monoisotopic (exact) mass is 340 g/mol. The number of rotatable bonds is 4. The normalized spacial score (nSPS) is 12.8. The van der Waals surface area contributed by atoms with Crippen LogP contribution in [-0.2, 0) is 11.2 Å². The molecule has 2 rings (SSSR count). The maximum Gasteiger partial charge on any atom is 0.146 e. The molecule has 0 aliphatic carbocycles. The largest absolute Gasteiger partial charge is 0.595 e. The van der Waals surface area contributed by atoms with Gasteiger partial charge in [0.2, 0.25) is 0 Å². The highest BCUT2D eigenvalue weighted by atomic mass is 16.6. The highest BCUT2D eigenvalue weighted by Crippen LogP contribution is 2.23. The average molecular weight is 340 g/mol. The number of aliphatic imine (C=N–C) groups is 1. The van der Waals surface area contributed by atoms with Crippen molar-refractivity contribution in [3.05, 3.63) is 71.3 Å². The van der Waals surface area contributed by atoms with Crippen molar-refractivity contribution in [2.24, 2.45) is 4.99 Å². The molecule has 0 heterocycles. The van der Waals surface area contributed by atoms with Crippen molar-refractivity contribution < 1.29 is 9.84 Å². The maximum atomic E-state index is 12.1. The molecule has 0 N–H and O–H groups in total. The van der Waals surface area contributed by atoms with Gasteiger partial charge in [-0.05, 0) is 24.5 Å². The SMILES string of the molecule is CC.Cc1ccc(CC(N=C([O-])OC(C)(C)C)c2ccccc2)cc1. The quantitative estimate of drug-likeness (QED) is 0.591. The molecule has 0 bridgehead atoms. The van der Waals surface area contributed by atoms with Gasteiger partial charge in [-0.15, -0.1) is 0 Å². The van der Waals surface area contributed by atoms with Gasteiger partial charge in [0.1, 0.15) is 6.08 Å². The van der Waals surface area contributed by atoms with E-state index in [4.69, 9.17) is 4.74 Å². The van der Waals surface area contributed by atoms with E-state index in [1.54, 1.807) is 0 Å². The van der Waals surface area contributed by atoms with E-state index < -0.39 is 11.7 Å². The summed E-state index contributed by atoms with van der Waals surface area (Å²) in [6.45, 7) is 11.6. The molecule has 136 valence electrons. The third kappa shape index (κ3) is 7.88. The van der Waals surface area contributed by atoms with E-state index in [9.17, 15) is 5.11 Å². The summed E-state index contributed by atoms with van der Waals surface area (Å²) in [5, 5.41) is 12.1. The zero-order chi connectivity index (χ0) is 18.9. The van der Waals surface area contributed by atoms with Crippen molar-refractivity contribution >= 4 is 6.08 Å². The van der Waals surface area contributed by atoms with Gasteiger partial charge in [-0.25, -0.2) is 0 Å². The number of benzene rings is 2. The molecule has 0 radical (unpaired) electrons. The molecule has 25 heavy (non-hydrogen) atoms. The fraction of sp³-hybridized carbons (Fsp3) is 0.409. The van der Waals surface area contributed by atoms with Gasteiger partial charge >= 0.3 is 0 Å². The third-order valence-electron chi connectivity index (χ3n) is 3.39. The van der Waals surface area contributed by atoms with E-state index in [0.717, 1.165) is 11.1 Å². The number of hydrogen-bond acceptors (Lipinski definition) is 3.